The molecule has 8 heteroatoms. The zero-order valence-corrected chi connectivity index (χ0v) is 15.3. The Morgan fingerprint density at radius 1 is 1.23 bits per heavy atom. The molecule has 2 rings (SSSR count). The summed E-state index contributed by atoms with van der Waals surface area (Å²) in [5.74, 6) is -1.48. The maximum absolute atomic E-state index is 13.4. The van der Waals surface area contributed by atoms with Gasteiger partial charge in [-0.2, -0.15) is 0 Å². The van der Waals surface area contributed by atoms with Crippen LogP contribution in [-0.4, -0.2) is 41.6 Å². The number of rotatable bonds is 4. The number of alkyl carbamates (subject to hydrolysis) is 1. The van der Waals surface area contributed by atoms with Crippen LogP contribution in [0, 0.1) is 5.82 Å². The van der Waals surface area contributed by atoms with Crippen LogP contribution >= 0.6 is 0 Å². The molecular formula is C18H23FN2O5. The number of hydrogen-bond acceptors (Lipinski definition) is 5. The molecule has 1 aliphatic heterocycles. The number of carbonyl (C=O) groups excluding carboxylic acids is 3. The molecule has 0 spiro atoms. The van der Waals surface area contributed by atoms with E-state index in [9.17, 15) is 18.8 Å². The van der Waals surface area contributed by atoms with Crippen molar-refractivity contribution in [2.75, 3.05) is 7.11 Å². The first-order valence-corrected chi connectivity index (χ1v) is 8.21. The number of fused-ring (bicyclic) bond motifs is 1. The molecule has 0 aliphatic carbocycles. The van der Waals surface area contributed by atoms with E-state index >= 15 is 0 Å². The second kappa shape index (κ2) is 7.72. The number of benzene rings is 1. The van der Waals surface area contributed by atoms with Gasteiger partial charge in [0.1, 0.15) is 17.5 Å². The second-order valence-corrected chi connectivity index (χ2v) is 7.09. The molecule has 7 nitrogen and oxygen atoms in total. The number of amides is 2. The average molecular weight is 366 g/mol. The Morgan fingerprint density at radius 3 is 2.50 bits per heavy atom. The highest BCUT2D eigenvalue weighted by Gasteiger charge is 2.33. The Kier molecular flexibility index (Phi) is 5.84. The van der Waals surface area contributed by atoms with E-state index in [2.05, 4.69) is 10.1 Å². The number of nitrogens with one attached hydrogen (secondary N) is 1. The smallest absolute Gasteiger partial charge is 0.408 e. The average Bonchev–Trinajstić information content (AvgIpc) is 2.94. The lowest BCUT2D eigenvalue weighted by molar-refractivity contribution is -0.145. The predicted molar refractivity (Wildman–Crippen MR) is 90.4 cm³/mol. The lowest BCUT2D eigenvalue weighted by Gasteiger charge is -2.25. The lowest BCUT2D eigenvalue weighted by atomic mass is 10.1. The monoisotopic (exact) mass is 366 g/mol. The number of hydrogen-bond donors (Lipinski definition) is 1. The van der Waals surface area contributed by atoms with Crippen LogP contribution in [0.25, 0.3) is 0 Å². The van der Waals surface area contributed by atoms with Crippen LogP contribution in [0.1, 0.15) is 38.3 Å². The van der Waals surface area contributed by atoms with Crippen molar-refractivity contribution in [3.63, 3.8) is 0 Å². The fourth-order valence-electron chi connectivity index (χ4n) is 2.64. The van der Waals surface area contributed by atoms with Crippen molar-refractivity contribution in [2.45, 2.75) is 51.9 Å². The third-order valence-electron chi connectivity index (χ3n) is 3.79. The van der Waals surface area contributed by atoms with Gasteiger partial charge >= 0.3 is 12.1 Å². The van der Waals surface area contributed by atoms with E-state index in [4.69, 9.17) is 4.74 Å². The number of ether oxygens (including phenoxy) is 2. The molecule has 1 heterocycles. The fourth-order valence-corrected chi connectivity index (χ4v) is 2.64. The molecule has 1 atom stereocenters. The van der Waals surface area contributed by atoms with Gasteiger partial charge in [0.25, 0.3) is 0 Å². The molecular weight excluding hydrogens is 343 g/mol. The van der Waals surface area contributed by atoms with Crippen molar-refractivity contribution >= 4 is 18.0 Å². The fraction of sp³-hybridized carbons (Fsp3) is 0.500. The number of methoxy groups -OCH3 is 1. The molecule has 0 unspecified atom stereocenters. The highest BCUT2D eigenvalue weighted by molar-refractivity contribution is 5.90. The Balaban J connectivity index is 2.11. The molecule has 1 aromatic rings. The number of carbonyl (C=O) groups is 3. The zero-order valence-electron chi connectivity index (χ0n) is 15.3. The summed E-state index contributed by atoms with van der Waals surface area (Å²) in [6.07, 6.45) is -1.13. The molecule has 0 bridgehead atoms. The normalized spacial score (nSPS) is 14.4. The topological polar surface area (TPSA) is 84.9 Å². The highest BCUT2D eigenvalue weighted by Crippen LogP contribution is 2.24. The van der Waals surface area contributed by atoms with E-state index < -0.39 is 29.6 Å². The van der Waals surface area contributed by atoms with Gasteiger partial charge in [-0.3, -0.25) is 9.59 Å². The van der Waals surface area contributed by atoms with E-state index in [0.29, 0.717) is 5.56 Å². The summed E-state index contributed by atoms with van der Waals surface area (Å²) >= 11 is 0. The van der Waals surface area contributed by atoms with E-state index in [1.165, 1.54) is 24.1 Å². The molecule has 0 fully saturated rings. The molecule has 0 radical (unpaired) electrons. The van der Waals surface area contributed by atoms with Gasteiger partial charge in [-0.1, -0.05) is 6.07 Å². The summed E-state index contributed by atoms with van der Waals surface area (Å²) in [4.78, 5) is 37.9. The first-order valence-electron chi connectivity index (χ1n) is 8.21. The lowest BCUT2D eigenvalue weighted by Crippen LogP contribution is -2.49. The first-order chi connectivity index (χ1) is 12.1. The molecule has 142 valence electrons. The molecule has 0 saturated heterocycles. The quantitative estimate of drug-likeness (QED) is 0.825. The predicted octanol–water partition coefficient (Wildman–Crippen LogP) is 2.12. The van der Waals surface area contributed by atoms with Gasteiger partial charge < -0.3 is 19.7 Å². The van der Waals surface area contributed by atoms with Crippen LogP contribution in [0.2, 0.25) is 0 Å². The van der Waals surface area contributed by atoms with E-state index in [1.54, 1.807) is 26.8 Å². The maximum Gasteiger partial charge on any atom is 0.408 e. The molecule has 2 amide bonds. The minimum absolute atomic E-state index is 0.208. The van der Waals surface area contributed by atoms with E-state index in [-0.39, 0.29) is 25.3 Å². The standard InChI is InChI=1S/C18H23FN2O5/c1-18(2,3)26-17(24)20-14(8-15(22)25-4)16(23)21-9-11-5-6-13(19)7-12(11)10-21/h5-7,14H,8-10H2,1-4H3,(H,20,24)/t14-/m0/s1. The SMILES string of the molecule is COC(=O)C[C@H](NC(=O)OC(C)(C)C)C(=O)N1Cc2ccc(F)cc2C1. The second-order valence-electron chi connectivity index (χ2n) is 7.09. The minimum atomic E-state index is -1.13. The van der Waals surface area contributed by atoms with E-state index in [0.717, 1.165) is 5.56 Å². The van der Waals surface area contributed by atoms with Gasteiger partial charge in [0, 0.05) is 13.1 Å². The van der Waals surface area contributed by atoms with Crippen LogP contribution in [0.4, 0.5) is 9.18 Å². The van der Waals surface area contributed by atoms with Crippen LogP contribution in [-0.2, 0) is 32.2 Å². The Hall–Kier alpha value is -2.64. The van der Waals surface area contributed by atoms with Gasteiger partial charge in [-0.25, -0.2) is 9.18 Å². The Morgan fingerprint density at radius 2 is 1.88 bits per heavy atom. The minimum Gasteiger partial charge on any atom is -0.469 e. The van der Waals surface area contributed by atoms with Crippen molar-refractivity contribution in [2.24, 2.45) is 0 Å². The zero-order chi connectivity index (χ0) is 19.5. The third-order valence-corrected chi connectivity index (χ3v) is 3.79. The molecule has 1 aromatic carbocycles. The van der Waals surface area contributed by atoms with Crippen molar-refractivity contribution in [1.29, 1.82) is 0 Å². The van der Waals surface area contributed by atoms with Gasteiger partial charge in [0.05, 0.1) is 13.5 Å². The maximum atomic E-state index is 13.4. The van der Waals surface area contributed by atoms with Crippen LogP contribution in [0.3, 0.4) is 0 Å². The summed E-state index contributed by atoms with van der Waals surface area (Å²) in [6.45, 7) is 5.56. The molecule has 1 aliphatic rings. The van der Waals surface area contributed by atoms with Crippen LogP contribution < -0.4 is 5.32 Å². The van der Waals surface area contributed by atoms with Crippen molar-refractivity contribution < 1.29 is 28.2 Å². The molecule has 1 N–H and O–H groups in total. The van der Waals surface area contributed by atoms with Crippen molar-refractivity contribution in [1.82, 2.24) is 10.2 Å². The summed E-state index contributed by atoms with van der Waals surface area (Å²) in [6, 6.07) is 3.20. The summed E-state index contributed by atoms with van der Waals surface area (Å²) in [7, 11) is 1.20. The van der Waals surface area contributed by atoms with Gasteiger partial charge in [0.15, 0.2) is 0 Å². The third kappa shape index (κ3) is 5.18. The summed E-state index contributed by atoms with van der Waals surface area (Å²) < 4.78 is 23.1. The number of nitrogens with zero attached hydrogens (tertiary/aromatic N) is 1. The molecule has 26 heavy (non-hydrogen) atoms. The van der Waals surface area contributed by atoms with Crippen LogP contribution in [0.5, 0.6) is 0 Å². The summed E-state index contributed by atoms with van der Waals surface area (Å²) in [5, 5.41) is 2.43. The van der Waals surface area contributed by atoms with Gasteiger partial charge in [-0.05, 0) is 44.0 Å². The van der Waals surface area contributed by atoms with E-state index in [1.807, 2.05) is 0 Å². The first kappa shape index (κ1) is 19.7. The van der Waals surface area contributed by atoms with Gasteiger partial charge in [0.2, 0.25) is 5.91 Å². The highest BCUT2D eigenvalue weighted by atomic mass is 19.1. The summed E-state index contributed by atoms with van der Waals surface area (Å²) in [5.41, 5.74) is 0.783. The number of halogens is 1. The molecule has 0 saturated carbocycles. The van der Waals surface area contributed by atoms with Crippen LogP contribution in [0.15, 0.2) is 18.2 Å². The largest absolute Gasteiger partial charge is 0.469 e. The van der Waals surface area contributed by atoms with Crippen molar-refractivity contribution in [3.8, 4) is 0 Å². The number of esters is 1. The Bertz CT molecular complexity index is 714. The molecule has 0 aromatic heterocycles. The van der Waals surface area contributed by atoms with Crippen molar-refractivity contribution in [3.05, 3.63) is 35.1 Å². The Labute approximate surface area is 151 Å². The van der Waals surface area contributed by atoms with Gasteiger partial charge in [-0.15, -0.1) is 0 Å².